The zero-order chi connectivity index (χ0) is 22.5. The highest BCUT2D eigenvalue weighted by molar-refractivity contribution is 7.22. The Hall–Kier alpha value is -2.68. The van der Waals surface area contributed by atoms with E-state index in [0.29, 0.717) is 23.6 Å². The molecule has 1 aromatic heterocycles. The monoisotopic (exact) mass is 455 g/mol. The SMILES string of the molecule is COc1ccc(C(=O)N(CCCN2CCOCC2)c2nc3c(C)cccc3s2)cc1OC. The van der Waals surface area contributed by atoms with Crippen molar-refractivity contribution in [2.24, 2.45) is 0 Å². The van der Waals surface area contributed by atoms with E-state index in [2.05, 4.69) is 11.0 Å². The highest BCUT2D eigenvalue weighted by Gasteiger charge is 2.23. The van der Waals surface area contributed by atoms with Gasteiger partial charge in [-0.15, -0.1) is 0 Å². The van der Waals surface area contributed by atoms with E-state index in [9.17, 15) is 4.79 Å². The lowest BCUT2D eigenvalue weighted by atomic mass is 10.1. The van der Waals surface area contributed by atoms with Gasteiger partial charge in [0, 0.05) is 31.7 Å². The molecule has 7 nitrogen and oxygen atoms in total. The van der Waals surface area contributed by atoms with Crippen molar-refractivity contribution in [2.75, 3.05) is 58.5 Å². The molecule has 8 heteroatoms. The molecule has 0 unspecified atom stereocenters. The first-order valence-corrected chi connectivity index (χ1v) is 11.6. The predicted molar refractivity (Wildman–Crippen MR) is 127 cm³/mol. The van der Waals surface area contributed by atoms with Crippen LogP contribution in [0.4, 0.5) is 5.13 Å². The molecule has 170 valence electrons. The van der Waals surface area contributed by atoms with Crippen molar-refractivity contribution in [1.29, 1.82) is 0 Å². The highest BCUT2D eigenvalue weighted by atomic mass is 32.1. The second-order valence-electron chi connectivity index (χ2n) is 7.75. The smallest absolute Gasteiger partial charge is 0.260 e. The van der Waals surface area contributed by atoms with Crippen LogP contribution >= 0.6 is 11.3 Å². The molecule has 0 N–H and O–H groups in total. The molecule has 32 heavy (non-hydrogen) atoms. The Kier molecular flexibility index (Phi) is 7.24. The number of thiazole rings is 1. The summed E-state index contributed by atoms with van der Waals surface area (Å²) in [5.74, 6) is 1.04. The molecule has 1 aliphatic rings. The molecule has 0 radical (unpaired) electrons. The van der Waals surface area contributed by atoms with Crippen LogP contribution in [0, 0.1) is 6.92 Å². The molecule has 1 saturated heterocycles. The summed E-state index contributed by atoms with van der Waals surface area (Å²) in [5, 5.41) is 0.719. The number of hydrogen-bond acceptors (Lipinski definition) is 7. The van der Waals surface area contributed by atoms with Crippen LogP contribution in [0.1, 0.15) is 22.3 Å². The van der Waals surface area contributed by atoms with Crippen molar-refractivity contribution in [2.45, 2.75) is 13.3 Å². The highest BCUT2D eigenvalue weighted by Crippen LogP contribution is 2.33. The number of aryl methyl sites for hydroxylation is 1. The van der Waals surface area contributed by atoms with E-state index in [1.54, 1.807) is 48.7 Å². The number of rotatable bonds is 8. The van der Waals surface area contributed by atoms with Crippen LogP contribution in [0.25, 0.3) is 10.2 Å². The topological polar surface area (TPSA) is 64.1 Å². The maximum Gasteiger partial charge on any atom is 0.260 e. The number of ether oxygens (including phenoxy) is 3. The number of para-hydroxylation sites is 1. The van der Waals surface area contributed by atoms with Gasteiger partial charge in [-0.05, 0) is 43.2 Å². The van der Waals surface area contributed by atoms with Gasteiger partial charge in [0.25, 0.3) is 5.91 Å². The minimum atomic E-state index is -0.0929. The maximum absolute atomic E-state index is 13.6. The van der Waals surface area contributed by atoms with Gasteiger partial charge in [0.1, 0.15) is 0 Å². The van der Waals surface area contributed by atoms with Crippen molar-refractivity contribution in [3.63, 3.8) is 0 Å². The zero-order valence-corrected chi connectivity index (χ0v) is 19.6. The summed E-state index contributed by atoms with van der Waals surface area (Å²) in [6.45, 7) is 6.96. The molecule has 4 rings (SSSR count). The molecular formula is C24H29N3O4S. The molecule has 0 atom stereocenters. The van der Waals surface area contributed by atoms with E-state index in [1.165, 1.54) is 0 Å². The average molecular weight is 456 g/mol. The summed E-state index contributed by atoms with van der Waals surface area (Å²) in [4.78, 5) is 22.6. The molecular weight excluding hydrogens is 426 g/mol. The van der Waals surface area contributed by atoms with Crippen LogP contribution in [-0.4, -0.2) is 69.4 Å². The fraction of sp³-hybridized carbons (Fsp3) is 0.417. The fourth-order valence-corrected chi connectivity index (χ4v) is 4.94. The van der Waals surface area contributed by atoms with Gasteiger partial charge in [-0.1, -0.05) is 23.5 Å². The molecule has 0 spiro atoms. The Morgan fingerprint density at radius 2 is 1.94 bits per heavy atom. The summed E-state index contributed by atoms with van der Waals surface area (Å²) in [5.41, 5.74) is 2.60. The maximum atomic E-state index is 13.6. The lowest BCUT2D eigenvalue weighted by Gasteiger charge is -2.27. The number of anilines is 1. The largest absolute Gasteiger partial charge is 0.493 e. The number of methoxy groups -OCH3 is 2. The van der Waals surface area contributed by atoms with Crippen LogP contribution in [0.15, 0.2) is 36.4 Å². The number of aromatic nitrogens is 1. The Morgan fingerprint density at radius 1 is 1.16 bits per heavy atom. The number of hydrogen-bond donors (Lipinski definition) is 0. The van der Waals surface area contributed by atoms with E-state index < -0.39 is 0 Å². The van der Waals surface area contributed by atoms with Crippen molar-refractivity contribution in [1.82, 2.24) is 9.88 Å². The third kappa shape index (κ3) is 4.87. The first-order valence-electron chi connectivity index (χ1n) is 10.8. The first-order chi connectivity index (χ1) is 15.6. The van der Waals surface area contributed by atoms with Crippen LogP contribution in [0.2, 0.25) is 0 Å². The van der Waals surface area contributed by atoms with Crippen molar-refractivity contribution in [3.05, 3.63) is 47.5 Å². The number of carbonyl (C=O) groups excluding carboxylic acids is 1. The van der Waals surface area contributed by atoms with E-state index in [0.717, 1.165) is 60.2 Å². The van der Waals surface area contributed by atoms with Gasteiger partial charge in [0.15, 0.2) is 16.6 Å². The van der Waals surface area contributed by atoms with Gasteiger partial charge >= 0.3 is 0 Å². The van der Waals surface area contributed by atoms with Crippen molar-refractivity contribution < 1.29 is 19.0 Å². The molecule has 0 bridgehead atoms. The van der Waals surface area contributed by atoms with Crippen LogP contribution < -0.4 is 14.4 Å². The van der Waals surface area contributed by atoms with E-state index >= 15 is 0 Å². The third-order valence-electron chi connectivity index (χ3n) is 5.68. The van der Waals surface area contributed by atoms with Gasteiger partial charge in [-0.2, -0.15) is 0 Å². The lowest BCUT2D eigenvalue weighted by Crippen LogP contribution is -2.39. The van der Waals surface area contributed by atoms with Gasteiger partial charge in [0.05, 0.1) is 37.6 Å². The fourth-order valence-electron chi connectivity index (χ4n) is 3.88. The summed E-state index contributed by atoms with van der Waals surface area (Å²) in [6, 6.07) is 11.4. The van der Waals surface area contributed by atoms with Crippen LogP contribution in [0.5, 0.6) is 11.5 Å². The van der Waals surface area contributed by atoms with Gasteiger partial charge in [0.2, 0.25) is 0 Å². The van der Waals surface area contributed by atoms with Gasteiger partial charge in [-0.3, -0.25) is 14.6 Å². The van der Waals surface area contributed by atoms with E-state index in [4.69, 9.17) is 19.2 Å². The number of carbonyl (C=O) groups is 1. The summed E-state index contributed by atoms with van der Waals surface area (Å²) in [7, 11) is 3.16. The van der Waals surface area contributed by atoms with E-state index in [1.807, 2.05) is 19.1 Å². The molecule has 2 aromatic carbocycles. The first kappa shape index (κ1) is 22.5. The van der Waals surface area contributed by atoms with Crippen LogP contribution in [-0.2, 0) is 4.74 Å². The molecule has 1 aliphatic heterocycles. The number of nitrogens with zero attached hydrogens (tertiary/aromatic N) is 3. The Bertz CT molecular complexity index is 1080. The summed E-state index contributed by atoms with van der Waals surface area (Å²) < 4.78 is 17.3. The quantitative estimate of drug-likeness (QED) is 0.512. The average Bonchev–Trinajstić information content (AvgIpc) is 3.27. The second-order valence-corrected chi connectivity index (χ2v) is 8.76. The molecule has 3 aromatic rings. The minimum Gasteiger partial charge on any atom is -0.493 e. The predicted octanol–water partition coefficient (Wildman–Crippen LogP) is 3.99. The second kappa shape index (κ2) is 10.3. The molecule has 0 aliphatic carbocycles. The Balaban J connectivity index is 1.61. The number of morpholine rings is 1. The molecule has 1 fully saturated rings. The van der Waals surface area contributed by atoms with Gasteiger partial charge < -0.3 is 14.2 Å². The number of benzene rings is 2. The van der Waals surface area contributed by atoms with Crippen LogP contribution in [0.3, 0.4) is 0 Å². The minimum absolute atomic E-state index is 0.0929. The molecule has 0 saturated carbocycles. The van der Waals surface area contributed by atoms with Crippen molar-refractivity contribution in [3.8, 4) is 11.5 Å². The Morgan fingerprint density at radius 3 is 2.66 bits per heavy atom. The standard InChI is InChI=1S/C24H29N3O4S/c1-17-6-4-7-21-22(17)25-24(32-21)27(11-5-10-26-12-14-31-15-13-26)23(28)18-8-9-19(29-2)20(16-18)30-3/h4,6-9,16H,5,10-15H2,1-3H3. The Labute approximate surface area is 192 Å². The normalized spacial score (nSPS) is 14.5. The lowest BCUT2D eigenvalue weighted by molar-refractivity contribution is 0.0376. The molecule has 1 amide bonds. The molecule has 2 heterocycles. The third-order valence-corrected chi connectivity index (χ3v) is 6.72. The summed E-state index contributed by atoms with van der Waals surface area (Å²) >= 11 is 1.55. The van der Waals surface area contributed by atoms with Crippen molar-refractivity contribution >= 4 is 32.6 Å². The zero-order valence-electron chi connectivity index (χ0n) is 18.8. The number of amides is 1. The number of fused-ring (bicyclic) bond motifs is 1. The van der Waals surface area contributed by atoms with Gasteiger partial charge in [-0.25, -0.2) is 4.98 Å². The summed E-state index contributed by atoms with van der Waals surface area (Å²) in [6.07, 6.45) is 0.855. The van der Waals surface area contributed by atoms with E-state index in [-0.39, 0.29) is 5.91 Å².